The Balaban J connectivity index is 1.52. The second kappa shape index (κ2) is 12.7. The van der Waals surface area contributed by atoms with Crippen LogP contribution in [0.25, 0.3) is 4.85 Å². The van der Waals surface area contributed by atoms with Gasteiger partial charge in [-0.2, -0.15) is 9.97 Å². The van der Waals surface area contributed by atoms with Gasteiger partial charge in [0.25, 0.3) is 0 Å². The molecule has 3 heterocycles. The summed E-state index contributed by atoms with van der Waals surface area (Å²) in [5.74, 6) is -1.14. The lowest BCUT2D eigenvalue weighted by atomic mass is 9.97. The highest BCUT2D eigenvalue weighted by molar-refractivity contribution is 5.87. The molecule has 10 nitrogen and oxygen atoms in total. The van der Waals surface area contributed by atoms with Crippen LogP contribution in [0.1, 0.15) is 31.0 Å². The number of ether oxygens (including phenoxy) is 2. The Kier molecular flexibility index (Phi) is 9.11. The molecule has 2 aliphatic heterocycles. The van der Waals surface area contributed by atoms with Gasteiger partial charge in [0.05, 0.1) is 18.8 Å². The van der Waals surface area contributed by atoms with Crippen LogP contribution in [0.3, 0.4) is 0 Å². The molecule has 0 spiro atoms. The molecule has 1 saturated heterocycles. The summed E-state index contributed by atoms with van der Waals surface area (Å²) in [5, 5.41) is 0. The van der Waals surface area contributed by atoms with Crippen molar-refractivity contribution in [1.29, 1.82) is 0 Å². The van der Waals surface area contributed by atoms with Crippen molar-refractivity contribution in [1.82, 2.24) is 19.8 Å². The lowest BCUT2D eigenvalue weighted by Gasteiger charge is -2.42. The summed E-state index contributed by atoms with van der Waals surface area (Å²) >= 11 is 0. The molecule has 1 unspecified atom stereocenters. The Hall–Kier alpha value is -4.12. The van der Waals surface area contributed by atoms with Gasteiger partial charge in [-0.3, -0.25) is 4.79 Å². The van der Waals surface area contributed by atoms with E-state index in [9.17, 15) is 18.0 Å². The molecule has 1 aromatic heterocycles. The number of fused-ring (bicyclic) bond motifs is 1. The highest BCUT2D eigenvalue weighted by atomic mass is 19.4. The highest BCUT2D eigenvalue weighted by Crippen LogP contribution is 2.46. The van der Waals surface area contributed by atoms with Crippen LogP contribution in [0.5, 0.6) is 11.8 Å². The summed E-state index contributed by atoms with van der Waals surface area (Å²) in [6.07, 6.45) is -1.46. The molecule has 242 valence electrons. The van der Waals surface area contributed by atoms with Gasteiger partial charge in [-0.1, -0.05) is 12.6 Å². The van der Waals surface area contributed by atoms with E-state index in [1.165, 1.54) is 17.0 Å². The highest BCUT2D eigenvalue weighted by Gasteiger charge is 2.44. The minimum Gasteiger partial charge on any atom is -0.463 e. The van der Waals surface area contributed by atoms with E-state index in [-0.39, 0.29) is 36.1 Å². The number of halogens is 4. The van der Waals surface area contributed by atoms with Gasteiger partial charge in [0, 0.05) is 43.2 Å². The number of amides is 1. The molecule has 1 aromatic carbocycles. The van der Waals surface area contributed by atoms with Crippen molar-refractivity contribution in [2.75, 3.05) is 63.2 Å². The van der Waals surface area contributed by atoms with Gasteiger partial charge in [0.1, 0.15) is 23.4 Å². The Morgan fingerprint density at radius 1 is 1.27 bits per heavy atom. The number of nitrogens with zero attached hydrogens (tertiary/aromatic N) is 7. The zero-order valence-corrected chi connectivity index (χ0v) is 25.6. The number of rotatable bonds is 10. The normalized spacial score (nSPS) is 20.8. The molecule has 0 radical (unpaired) electrons. The first kappa shape index (κ1) is 32.3. The third kappa shape index (κ3) is 7.24. The molecule has 2 atom stereocenters. The quantitative estimate of drug-likeness (QED) is 0.218. The maximum atomic E-state index is 15.2. The third-order valence-corrected chi connectivity index (χ3v) is 8.52. The van der Waals surface area contributed by atoms with Crippen LogP contribution < -0.4 is 19.3 Å². The first-order valence-electron chi connectivity index (χ1n) is 14.8. The van der Waals surface area contributed by atoms with E-state index >= 15 is 4.39 Å². The number of anilines is 2. The first-order chi connectivity index (χ1) is 21.3. The summed E-state index contributed by atoms with van der Waals surface area (Å²) in [5.41, 5.74) is 0.947. The van der Waals surface area contributed by atoms with E-state index in [4.69, 9.17) is 21.3 Å². The van der Waals surface area contributed by atoms with E-state index < -0.39 is 30.0 Å². The lowest BCUT2D eigenvalue weighted by molar-refractivity contribution is -0.274. The van der Waals surface area contributed by atoms with Crippen LogP contribution in [-0.4, -0.2) is 97.5 Å². The number of hydrogen-bond donors (Lipinski definition) is 0. The van der Waals surface area contributed by atoms with Gasteiger partial charge in [0.15, 0.2) is 5.75 Å². The molecule has 2 fully saturated rings. The Morgan fingerprint density at radius 2 is 2.02 bits per heavy atom. The first-order valence-corrected chi connectivity index (χ1v) is 14.8. The molecule has 1 aliphatic carbocycles. The molecule has 3 aliphatic rings. The SMILES string of the molecule is [C-]#[N+]C[C@H]1CN(c2nc(OCC3(CN(C)C)CC3)nc3c2CC(C)N(c2c(F)cccc2OC(F)(F)F)C3)CCN1C(=O)C=C. The number of carbonyl (C=O) groups is 1. The topological polar surface area (TPSA) is 78.6 Å². The number of benzene rings is 1. The molecule has 1 saturated carbocycles. The Morgan fingerprint density at radius 3 is 2.67 bits per heavy atom. The predicted molar refractivity (Wildman–Crippen MR) is 160 cm³/mol. The molecule has 1 amide bonds. The fourth-order valence-electron chi connectivity index (χ4n) is 6.29. The smallest absolute Gasteiger partial charge is 0.463 e. The summed E-state index contributed by atoms with van der Waals surface area (Å²) in [7, 11) is 4.00. The maximum absolute atomic E-state index is 15.2. The molecule has 2 aromatic rings. The van der Waals surface area contributed by atoms with E-state index in [1.807, 2.05) is 19.0 Å². The fourth-order valence-corrected chi connectivity index (χ4v) is 6.29. The van der Waals surface area contributed by atoms with Crippen molar-refractivity contribution < 1.29 is 31.8 Å². The van der Waals surface area contributed by atoms with Crippen LogP contribution in [0.15, 0.2) is 30.9 Å². The molecule has 5 rings (SSSR count). The molecular formula is C31H37F4N7O3. The Bertz CT molecular complexity index is 1470. The van der Waals surface area contributed by atoms with Crippen LogP contribution >= 0.6 is 0 Å². The van der Waals surface area contributed by atoms with Crippen molar-refractivity contribution in [2.45, 2.75) is 51.2 Å². The summed E-state index contributed by atoms with van der Waals surface area (Å²) in [4.78, 5) is 32.9. The summed E-state index contributed by atoms with van der Waals surface area (Å²) < 4.78 is 65.4. The lowest BCUT2D eigenvalue weighted by Crippen LogP contribution is -2.56. The third-order valence-electron chi connectivity index (χ3n) is 8.52. The van der Waals surface area contributed by atoms with Gasteiger partial charge < -0.3 is 33.9 Å². The molecular weight excluding hydrogens is 594 g/mol. The zero-order valence-electron chi connectivity index (χ0n) is 25.6. The van der Waals surface area contributed by atoms with E-state index in [2.05, 4.69) is 21.1 Å². The molecule has 0 N–H and O–H groups in total. The van der Waals surface area contributed by atoms with Crippen molar-refractivity contribution in [2.24, 2.45) is 5.41 Å². The van der Waals surface area contributed by atoms with Gasteiger partial charge in [0.2, 0.25) is 12.5 Å². The number of aromatic nitrogens is 2. The van der Waals surface area contributed by atoms with Gasteiger partial charge in [-0.25, -0.2) is 11.0 Å². The largest absolute Gasteiger partial charge is 0.573 e. The summed E-state index contributed by atoms with van der Waals surface area (Å²) in [6.45, 7) is 15.3. The van der Waals surface area contributed by atoms with Crippen LogP contribution in [0.2, 0.25) is 0 Å². The van der Waals surface area contributed by atoms with Crippen LogP contribution in [0, 0.1) is 17.8 Å². The van der Waals surface area contributed by atoms with Crippen LogP contribution in [-0.2, 0) is 17.8 Å². The van der Waals surface area contributed by atoms with E-state index in [0.29, 0.717) is 44.2 Å². The van der Waals surface area contributed by atoms with Crippen molar-refractivity contribution in [3.05, 3.63) is 59.3 Å². The monoisotopic (exact) mass is 631 g/mol. The number of para-hydroxylation sites is 1. The van der Waals surface area contributed by atoms with Crippen molar-refractivity contribution in [3.63, 3.8) is 0 Å². The predicted octanol–water partition coefficient (Wildman–Crippen LogP) is 4.31. The fraction of sp³-hybridized carbons (Fsp3) is 0.548. The maximum Gasteiger partial charge on any atom is 0.573 e. The van der Waals surface area contributed by atoms with Crippen molar-refractivity contribution in [3.8, 4) is 11.8 Å². The average Bonchev–Trinajstić information content (AvgIpc) is 3.73. The average molecular weight is 632 g/mol. The molecule has 0 bridgehead atoms. The Labute approximate surface area is 260 Å². The molecule has 45 heavy (non-hydrogen) atoms. The van der Waals surface area contributed by atoms with Gasteiger partial charge >= 0.3 is 12.4 Å². The second-order valence-electron chi connectivity index (χ2n) is 12.3. The minimum absolute atomic E-state index is 0.0131. The van der Waals surface area contributed by atoms with Crippen LogP contribution in [0.4, 0.5) is 29.1 Å². The number of carbonyl (C=O) groups excluding carboxylic acids is 1. The zero-order chi connectivity index (χ0) is 32.5. The summed E-state index contributed by atoms with van der Waals surface area (Å²) in [6, 6.07) is 2.64. The minimum atomic E-state index is -5.00. The number of piperazine rings is 1. The van der Waals surface area contributed by atoms with E-state index in [1.54, 1.807) is 11.8 Å². The van der Waals surface area contributed by atoms with E-state index in [0.717, 1.165) is 37.1 Å². The number of hydrogen-bond acceptors (Lipinski definition) is 8. The van der Waals surface area contributed by atoms with Crippen molar-refractivity contribution >= 4 is 17.4 Å². The van der Waals surface area contributed by atoms with Gasteiger partial charge in [-0.05, 0) is 58.5 Å². The second-order valence-corrected chi connectivity index (χ2v) is 12.3. The van der Waals surface area contributed by atoms with Gasteiger partial charge in [-0.15, -0.1) is 13.2 Å². The standard InChI is InChI=1S/C31H37F4N7O3/c1-6-26(43)41-13-12-40(16-21(41)15-36-3)28-22-14-20(2)42(27-23(32)8-7-9-25(27)45-31(33,34)35)17-24(22)37-29(38-28)44-19-30(10-11-30)18-39(4)5/h6-9,20-21H,1,10-19H2,2,4-5H3/t20?,21-/m0/s1. The molecule has 14 heteroatoms. The number of alkyl halides is 3.